The third kappa shape index (κ3) is 4.05. The van der Waals surface area contributed by atoms with E-state index in [9.17, 15) is 4.79 Å². The van der Waals surface area contributed by atoms with Crippen molar-refractivity contribution in [2.24, 2.45) is 0 Å². The van der Waals surface area contributed by atoms with E-state index in [1.54, 1.807) is 0 Å². The van der Waals surface area contributed by atoms with E-state index in [0.29, 0.717) is 24.4 Å². The van der Waals surface area contributed by atoms with E-state index in [2.05, 4.69) is 76.5 Å². The molecule has 3 heteroatoms. The maximum absolute atomic E-state index is 12.4. The molecule has 1 amide bonds. The molecule has 28 heavy (non-hydrogen) atoms. The average molecular weight is 375 g/mol. The maximum atomic E-state index is 12.4. The molecule has 2 aliphatic rings. The standard InChI is InChI=1S/C25H30N2O/c1-2-25(28)27-22-13-14-23(27)19-26(17-15-22)18-16-24(20-9-5-3-6-10-20)21-11-7-4-8-12-21/h3-12,16,22-23H,2,13-15,17-19H2,1H3. The first-order chi connectivity index (χ1) is 13.8. The first-order valence-electron chi connectivity index (χ1n) is 10.6. The van der Waals surface area contributed by atoms with Crippen molar-refractivity contribution in [3.63, 3.8) is 0 Å². The van der Waals surface area contributed by atoms with Gasteiger partial charge in [-0.25, -0.2) is 0 Å². The molecular formula is C25H30N2O. The van der Waals surface area contributed by atoms with E-state index in [0.717, 1.165) is 32.5 Å². The zero-order valence-electron chi connectivity index (χ0n) is 16.8. The SMILES string of the molecule is CCC(=O)N1C2CCC1CN(CC=C(c1ccccc1)c1ccccc1)CC2. The minimum absolute atomic E-state index is 0.333. The van der Waals surface area contributed by atoms with Crippen molar-refractivity contribution in [3.8, 4) is 0 Å². The highest BCUT2D eigenvalue weighted by Crippen LogP contribution is 2.31. The van der Waals surface area contributed by atoms with Crippen LogP contribution in [0.5, 0.6) is 0 Å². The molecular weight excluding hydrogens is 344 g/mol. The Kier molecular flexibility index (Phi) is 5.92. The third-order valence-electron chi connectivity index (χ3n) is 6.18. The van der Waals surface area contributed by atoms with Crippen molar-refractivity contribution in [3.05, 3.63) is 77.9 Å². The minimum atomic E-state index is 0.333. The van der Waals surface area contributed by atoms with E-state index in [-0.39, 0.29) is 0 Å². The number of fused-ring (bicyclic) bond motifs is 2. The highest BCUT2D eigenvalue weighted by molar-refractivity contribution is 5.80. The van der Waals surface area contributed by atoms with Gasteiger partial charge in [-0.1, -0.05) is 73.7 Å². The predicted molar refractivity (Wildman–Crippen MR) is 115 cm³/mol. The molecule has 146 valence electrons. The summed E-state index contributed by atoms with van der Waals surface area (Å²) in [6.07, 6.45) is 6.43. The lowest BCUT2D eigenvalue weighted by atomic mass is 9.97. The van der Waals surface area contributed by atoms with Crippen molar-refractivity contribution < 1.29 is 4.79 Å². The molecule has 4 rings (SSSR count). The summed E-state index contributed by atoms with van der Waals surface area (Å²) in [6.45, 7) is 4.98. The van der Waals surface area contributed by atoms with Gasteiger partial charge in [0.1, 0.15) is 0 Å². The molecule has 0 aliphatic carbocycles. The van der Waals surface area contributed by atoms with Gasteiger partial charge in [0.15, 0.2) is 0 Å². The highest BCUT2D eigenvalue weighted by atomic mass is 16.2. The number of hydrogen-bond acceptors (Lipinski definition) is 2. The van der Waals surface area contributed by atoms with Crippen molar-refractivity contribution in [2.45, 2.75) is 44.7 Å². The van der Waals surface area contributed by atoms with E-state index in [1.165, 1.54) is 23.1 Å². The van der Waals surface area contributed by atoms with E-state index in [1.807, 2.05) is 6.92 Å². The van der Waals surface area contributed by atoms with Crippen LogP contribution >= 0.6 is 0 Å². The first-order valence-corrected chi connectivity index (χ1v) is 10.6. The number of benzene rings is 2. The van der Waals surface area contributed by atoms with Crippen molar-refractivity contribution in [1.82, 2.24) is 9.80 Å². The van der Waals surface area contributed by atoms with Crippen LogP contribution in [-0.4, -0.2) is 47.4 Å². The fraction of sp³-hybridized carbons (Fsp3) is 0.400. The lowest BCUT2D eigenvalue weighted by molar-refractivity contribution is -0.133. The summed E-state index contributed by atoms with van der Waals surface area (Å²) in [5, 5.41) is 0. The molecule has 3 nitrogen and oxygen atoms in total. The van der Waals surface area contributed by atoms with Crippen LogP contribution in [0.4, 0.5) is 0 Å². The van der Waals surface area contributed by atoms with Crippen LogP contribution < -0.4 is 0 Å². The normalized spacial score (nSPS) is 22.0. The van der Waals surface area contributed by atoms with Crippen LogP contribution in [-0.2, 0) is 4.79 Å². The Balaban J connectivity index is 1.54. The van der Waals surface area contributed by atoms with Gasteiger partial charge in [-0.05, 0) is 36.0 Å². The molecule has 2 aliphatic heterocycles. The van der Waals surface area contributed by atoms with Crippen molar-refractivity contribution >= 4 is 11.5 Å². The lowest BCUT2D eigenvalue weighted by Crippen LogP contribution is -2.42. The minimum Gasteiger partial charge on any atom is -0.335 e. The predicted octanol–water partition coefficient (Wildman–Crippen LogP) is 4.59. The summed E-state index contributed by atoms with van der Waals surface area (Å²) in [7, 11) is 0. The summed E-state index contributed by atoms with van der Waals surface area (Å²) < 4.78 is 0. The lowest BCUT2D eigenvalue weighted by Gasteiger charge is -2.28. The van der Waals surface area contributed by atoms with E-state index < -0.39 is 0 Å². The number of rotatable bonds is 5. The number of hydrogen-bond donors (Lipinski definition) is 0. The Morgan fingerprint density at radius 3 is 2.14 bits per heavy atom. The molecule has 0 radical (unpaired) electrons. The Labute approximate surface area is 168 Å². The fourth-order valence-electron chi connectivity index (χ4n) is 4.76. The second-order valence-corrected chi connectivity index (χ2v) is 7.94. The van der Waals surface area contributed by atoms with Gasteiger partial charge in [-0.3, -0.25) is 9.69 Å². The van der Waals surface area contributed by atoms with Crippen LogP contribution in [0, 0.1) is 0 Å². The van der Waals surface area contributed by atoms with Gasteiger partial charge < -0.3 is 4.90 Å². The molecule has 2 unspecified atom stereocenters. The smallest absolute Gasteiger partial charge is 0.222 e. The number of likely N-dealkylation sites (tertiary alicyclic amines) is 1. The molecule has 2 heterocycles. The second kappa shape index (κ2) is 8.74. The summed E-state index contributed by atoms with van der Waals surface area (Å²) in [5.74, 6) is 0.333. The van der Waals surface area contributed by atoms with Gasteiger partial charge in [0.25, 0.3) is 0 Å². The molecule has 2 saturated heterocycles. The molecule has 2 atom stereocenters. The highest BCUT2D eigenvalue weighted by Gasteiger charge is 2.38. The Bertz CT molecular complexity index is 773. The zero-order chi connectivity index (χ0) is 19.3. The number of nitrogens with zero attached hydrogens (tertiary/aromatic N) is 2. The molecule has 2 fully saturated rings. The molecule has 0 saturated carbocycles. The summed E-state index contributed by atoms with van der Waals surface area (Å²) >= 11 is 0. The van der Waals surface area contributed by atoms with Crippen molar-refractivity contribution in [1.29, 1.82) is 0 Å². The first kappa shape index (κ1) is 18.9. The second-order valence-electron chi connectivity index (χ2n) is 7.94. The quantitative estimate of drug-likeness (QED) is 0.764. The monoisotopic (exact) mass is 374 g/mol. The fourth-order valence-corrected chi connectivity index (χ4v) is 4.76. The van der Waals surface area contributed by atoms with Crippen LogP contribution in [0.15, 0.2) is 66.7 Å². The van der Waals surface area contributed by atoms with E-state index in [4.69, 9.17) is 0 Å². The van der Waals surface area contributed by atoms with Gasteiger partial charge in [-0.15, -0.1) is 0 Å². The molecule has 0 N–H and O–H groups in total. The van der Waals surface area contributed by atoms with Gasteiger partial charge in [0.05, 0.1) is 0 Å². The van der Waals surface area contributed by atoms with Gasteiger partial charge >= 0.3 is 0 Å². The largest absolute Gasteiger partial charge is 0.335 e. The third-order valence-corrected chi connectivity index (χ3v) is 6.18. The number of amides is 1. The number of carbonyl (C=O) groups excluding carboxylic acids is 1. The summed E-state index contributed by atoms with van der Waals surface area (Å²) in [5.41, 5.74) is 3.80. The number of carbonyl (C=O) groups is 1. The maximum Gasteiger partial charge on any atom is 0.222 e. The van der Waals surface area contributed by atoms with Crippen LogP contribution in [0.1, 0.15) is 43.7 Å². The van der Waals surface area contributed by atoms with Gasteiger partial charge in [0, 0.05) is 38.1 Å². The molecule has 2 aromatic rings. The summed E-state index contributed by atoms with van der Waals surface area (Å²) in [6, 6.07) is 22.1. The van der Waals surface area contributed by atoms with E-state index >= 15 is 0 Å². The Morgan fingerprint density at radius 1 is 0.929 bits per heavy atom. The topological polar surface area (TPSA) is 23.6 Å². The average Bonchev–Trinajstić information content (AvgIpc) is 3.05. The molecule has 0 spiro atoms. The zero-order valence-corrected chi connectivity index (χ0v) is 16.8. The van der Waals surface area contributed by atoms with Gasteiger partial charge in [-0.2, -0.15) is 0 Å². The van der Waals surface area contributed by atoms with Crippen molar-refractivity contribution in [2.75, 3.05) is 19.6 Å². The molecule has 2 bridgehead atoms. The Morgan fingerprint density at radius 2 is 1.54 bits per heavy atom. The van der Waals surface area contributed by atoms with Crippen LogP contribution in [0.3, 0.4) is 0 Å². The molecule has 0 aromatic heterocycles. The van der Waals surface area contributed by atoms with Gasteiger partial charge in [0.2, 0.25) is 5.91 Å². The molecule has 2 aromatic carbocycles. The van der Waals surface area contributed by atoms with Crippen LogP contribution in [0.2, 0.25) is 0 Å². The van der Waals surface area contributed by atoms with Crippen LogP contribution in [0.25, 0.3) is 5.57 Å². The summed E-state index contributed by atoms with van der Waals surface area (Å²) in [4.78, 5) is 17.2. The Hall–Kier alpha value is -2.39.